The molecule has 1 amide bonds. The Morgan fingerprint density at radius 3 is 2.83 bits per heavy atom. The van der Waals surface area contributed by atoms with Crippen LogP contribution in [0.3, 0.4) is 0 Å². The zero-order chi connectivity index (χ0) is 13.2. The van der Waals surface area contributed by atoms with Crippen molar-refractivity contribution in [2.75, 3.05) is 26.7 Å². The van der Waals surface area contributed by atoms with Gasteiger partial charge in [-0.3, -0.25) is 4.79 Å². The molecule has 4 heteroatoms. The summed E-state index contributed by atoms with van der Waals surface area (Å²) in [5.41, 5.74) is 0.0557. The number of hydrogen-bond acceptors (Lipinski definition) is 3. The molecule has 0 aromatic heterocycles. The number of nitrogens with zero attached hydrogens (tertiary/aromatic N) is 1. The summed E-state index contributed by atoms with van der Waals surface area (Å²) in [5.74, 6) is 0.218. The molecule has 18 heavy (non-hydrogen) atoms. The minimum Gasteiger partial charge on any atom is -0.376 e. The summed E-state index contributed by atoms with van der Waals surface area (Å²) in [5, 5.41) is 3.38. The monoisotopic (exact) mass is 254 g/mol. The molecule has 2 atom stereocenters. The van der Waals surface area contributed by atoms with Gasteiger partial charge in [0.15, 0.2) is 0 Å². The van der Waals surface area contributed by atoms with Gasteiger partial charge in [-0.15, -0.1) is 0 Å². The van der Waals surface area contributed by atoms with E-state index in [1.807, 2.05) is 11.9 Å². The lowest BCUT2D eigenvalue weighted by Crippen LogP contribution is -2.56. The van der Waals surface area contributed by atoms with Crippen LogP contribution in [0.5, 0.6) is 0 Å². The number of carbonyl (C=O) groups excluding carboxylic acids is 1. The average Bonchev–Trinajstić information content (AvgIpc) is 2.80. The van der Waals surface area contributed by atoms with Gasteiger partial charge in [0, 0.05) is 20.2 Å². The van der Waals surface area contributed by atoms with Crippen LogP contribution in [0.25, 0.3) is 0 Å². The Morgan fingerprint density at radius 1 is 1.44 bits per heavy atom. The summed E-state index contributed by atoms with van der Waals surface area (Å²) >= 11 is 0. The Balaban J connectivity index is 1.92. The molecule has 104 valence electrons. The van der Waals surface area contributed by atoms with Crippen LogP contribution in [0.2, 0.25) is 0 Å². The predicted octanol–water partition coefficient (Wildman–Crippen LogP) is 1.40. The molecule has 2 saturated heterocycles. The Labute approximate surface area is 110 Å². The van der Waals surface area contributed by atoms with Crippen LogP contribution in [-0.4, -0.2) is 49.7 Å². The second kappa shape index (κ2) is 5.57. The van der Waals surface area contributed by atoms with E-state index in [9.17, 15) is 4.79 Å². The summed E-state index contributed by atoms with van der Waals surface area (Å²) in [6, 6.07) is -0.0438. The van der Waals surface area contributed by atoms with Gasteiger partial charge in [0.25, 0.3) is 0 Å². The summed E-state index contributed by atoms with van der Waals surface area (Å²) in [7, 11) is 1.90. The highest BCUT2D eigenvalue weighted by Crippen LogP contribution is 2.31. The molecule has 2 aliphatic rings. The highest BCUT2D eigenvalue weighted by atomic mass is 16.5. The fourth-order valence-electron chi connectivity index (χ4n) is 3.04. The molecule has 0 aromatic rings. The average molecular weight is 254 g/mol. The largest absolute Gasteiger partial charge is 0.376 e. The van der Waals surface area contributed by atoms with E-state index in [4.69, 9.17) is 4.74 Å². The van der Waals surface area contributed by atoms with Crippen LogP contribution in [-0.2, 0) is 9.53 Å². The Morgan fingerprint density at radius 2 is 2.22 bits per heavy atom. The minimum absolute atomic E-state index is 0.0438. The van der Waals surface area contributed by atoms with Crippen molar-refractivity contribution in [2.24, 2.45) is 5.41 Å². The summed E-state index contributed by atoms with van der Waals surface area (Å²) in [6.07, 6.45) is 4.72. The molecule has 0 bridgehead atoms. The Hall–Kier alpha value is -0.610. The normalized spacial score (nSPS) is 31.3. The molecular formula is C14H26N2O2. The molecule has 0 aromatic carbocycles. The lowest BCUT2D eigenvalue weighted by Gasteiger charge is -2.40. The van der Waals surface area contributed by atoms with Crippen molar-refractivity contribution in [3.8, 4) is 0 Å². The molecular weight excluding hydrogens is 228 g/mol. The zero-order valence-electron chi connectivity index (χ0n) is 11.9. The molecule has 4 nitrogen and oxygen atoms in total. The van der Waals surface area contributed by atoms with Crippen LogP contribution in [0.15, 0.2) is 0 Å². The van der Waals surface area contributed by atoms with Crippen molar-refractivity contribution in [3.05, 3.63) is 0 Å². The topological polar surface area (TPSA) is 41.6 Å². The van der Waals surface area contributed by atoms with Crippen LogP contribution in [0, 0.1) is 5.41 Å². The molecule has 2 fully saturated rings. The van der Waals surface area contributed by atoms with E-state index >= 15 is 0 Å². The van der Waals surface area contributed by atoms with E-state index in [2.05, 4.69) is 19.2 Å². The third-order valence-corrected chi connectivity index (χ3v) is 4.25. The van der Waals surface area contributed by atoms with Gasteiger partial charge in [-0.1, -0.05) is 13.8 Å². The van der Waals surface area contributed by atoms with Gasteiger partial charge >= 0.3 is 0 Å². The number of nitrogens with one attached hydrogen (secondary N) is 1. The van der Waals surface area contributed by atoms with E-state index in [1.165, 1.54) is 0 Å². The van der Waals surface area contributed by atoms with Crippen molar-refractivity contribution in [2.45, 2.75) is 51.7 Å². The second-order valence-corrected chi connectivity index (χ2v) is 6.33. The van der Waals surface area contributed by atoms with Gasteiger partial charge in [-0.2, -0.15) is 0 Å². The molecule has 0 radical (unpaired) electrons. The number of rotatable bonds is 3. The van der Waals surface area contributed by atoms with Crippen molar-refractivity contribution >= 4 is 5.91 Å². The molecule has 2 rings (SSSR count). The van der Waals surface area contributed by atoms with Gasteiger partial charge in [0.1, 0.15) is 0 Å². The van der Waals surface area contributed by atoms with E-state index in [0.29, 0.717) is 0 Å². The van der Waals surface area contributed by atoms with Crippen molar-refractivity contribution in [1.29, 1.82) is 0 Å². The van der Waals surface area contributed by atoms with Crippen molar-refractivity contribution in [1.82, 2.24) is 10.2 Å². The van der Waals surface area contributed by atoms with Gasteiger partial charge in [-0.05, 0) is 37.6 Å². The third kappa shape index (κ3) is 3.04. The maximum absolute atomic E-state index is 12.5. The second-order valence-electron chi connectivity index (χ2n) is 6.33. The summed E-state index contributed by atoms with van der Waals surface area (Å²) in [4.78, 5) is 14.4. The standard InChI is InChI=1S/C14H26N2O2/c1-14(2)7-5-8-15-12(14)13(17)16(3)10-11-6-4-9-18-11/h11-12,15H,4-10H2,1-3H3. The number of carbonyl (C=O) groups is 1. The Bertz CT molecular complexity index is 298. The fraction of sp³-hybridized carbons (Fsp3) is 0.929. The smallest absolute Gasteiger partial charge is 0.240 e. The van der Waals surface area contributed by atoms with Gasteiger partial charge in [0.2, 0.25) is 5.91 Å². The van der Waals surface area contributed by atoms with Gasteiger partial charge in [-0.25, -0.2) is 0 Å². The van der Waals surface area contributed by atoms with E-state index in [-0.39, 0.29) is 23.5 Å². The van der Waals surface area contributed by atoms with Crippen LogP contribution in [0.1, 0.15) is 39.5 Å². The minimum atomic E-state index is -0.0438. The molecule has 2 unspecified atom stereocenters. The zero-order valence-corrected chi connectivity index (χ0v) is 11.9. The van der Waals surface area contributed by atoms with Gasteiger partial charge in [0.05, 0.1) is 12.1 Å². The van der Waals surface area contributed by atoms with Crippen molar-refractivity contribution in [3.63, 3.8) is 0 Å². The predicted molar refractivity (Wildman–Crippen MR) is 71.4 cm³/mol. The quantitative estimate of drug-likeness (QED) is 0.828. The summed E-state index contributed by atoms with van der Waals surface area (Å²) in [6.45, 7) is 6.89. The number of piperidine rings is 1. The molecule has 1 N–H and O–H groups in total. The van der Waals surface area contributed by atoms with E-state index in [0.717, 1.165) is 45.4 Å². The molecule has 2 heterocycles. The highest BCUT2D eigenvalue weighted by Gasteiger charge is 2.38. The molecule has 0 saturated carbocycles. The van der Waals surface area contributed by atoms with Crippen molar-refractivity contribution < 1.29 is 9.53 Å². The molecule has 2 aliphatic heterocycles. The van der Waals surface area contributed by atoms with E-state index < -0.39 is 0 Å². The Kier molecular flexibility index (Phi) is 4.28. The SMILES string of the molecule is CN(CC1CCCO1)C(=O)C1NCCCC1(C)C. The number of likely N-dealkylation sites (N-methyl/N-ethyl adjacent to an activating group) is 1. The first kappa shape index (κ1) is 13.8. The first-order valence-electron chi connectivity index (χ1n) is 7.11. The lowest BCUT2D eigenvalue weighted by atomic mass is 9.77. The number of amides is 1. The maximum atomic E-state index is 12.5. The van der Waals surface area contributed by atoms with Crippen LogP contribution in [0.4, 0.5) is 0 Å². The maximum Gasteiger partial charge on any atom is 0.240 e. The summed E-state index contributed by atoms with van der Waals surface area (Å²) < 4.78 is 5.60. The van der Waals surface area contributed by atoms with Crippen LogP contribution < -0.4 is 5.32 Å². The molecule has 0 aliphatic carbocycles. The molecule has 0 spiro atoms. The fourth-order valence-corrected chi connectivity index (χ4v) is 3.04. The van der Waals surface area contributed by atoms with Gasteiger partial charge < -0.3 is 15.0 Å². The first-order valence-corrected chi connectivity index (χ1v) is 7.11. The number of hydrogen-bond donors (Lipinski definition) is 1. The highest BCUT2D eigenvalue weighted by molar-refractivity contribution is 5.82. The van der Waals surface area contributed by atoms with E-state index in [1.54, 1.807) is 0 Å². The van der Waals surface area contributed by atoms with Crippen LogP contribution >= 0.6 is 0 Å². The first-order chi connectivity index (χ1) is 8.50. The number of ether oxygens (including phenoxy) is 1. The third-order valence-electron chi connectivity index (χ3n) is 4.25. The lowest BCUT2D eigenvalue weighted by molar-refractivity contribution is -0.137.